The minimum absolute atomic E-state index is 0.0302. The lowest BCUT2D eigenvalue weighted by Gasteiger charge is -2.31. The van der Waals surface area contributed by atoms with Crippen molar-refractivity contribution in [1.29, 1.82) is 0 Å². The molecule has 0 saturated carbocycles. The first-order valence-corrected chi connectivity index (χ1v) is 13.0. The first-order chi connectivity index (χ1) is 19.6. The predicted octanol–water partition coefficient (Wildman–Crippen LogP) is 1.29. The second kappa shape index (κ2) is 17.7. The molecule has 0 bridgehead atoms. The molecule has 3 N–H and O–H groups in total. The van der Waals surface area contributed by atoms with Gasteiger partial charge in [0.15, 0.2) is 6.10 Å². The van der Waals surface area contributed by atoms with Crippen LogP contribution in [0.15, 0.2) is 30.4 Å². The van der Waals surface area contributed by atoms with Gasteiger partial charge in [0.25, 0.3) is 0 Å². The van der Waals surface area contributed by atoms with E-state index in [1.807, 2.05) is 0 Å². The minimum Gasteiger partial charge on any atom is -0.479 e. The van der Waals surface area contributed by atoms with Crippen LogP contribution in [0.25, 0.3) is 0 Å². The SMILES string of the molecule is CN(CCC(=O)NCCOCCCc1ccc(OC2CC(O)CC(C(=O)O)O2)c(COC(=O)F)c1)C(=O)/C=C\C=O. The number of hydrogen-bond acceptors (Lipinski definition) is 10. The number of allylic oxidation sites excluding steroid dienone is 1. The van der Waals surface area contributed by atoms with E-state index in [9.17, 15) is 38.6 Å². The van der Waals surface area contributed by atoms with Gasteiger partial charge in [-0.3, -0.25) is 14.4 Å². The third-order valence-corrected chi connectivity index (χ3v) is 5.96. The Labute approximate surface area is 236 Å². The smallest absolute Gasteiger partial charge is 0.479 e. The molecule has 226 valence electrons. The monoisotopic (exact) mass is 582 g/mol. The van der Waals surface area contributed by atoms with Crippen LogP contribution in [-0.2, 0) is 46.4 Å². The fourth-order valence-electron chi connectivity index (χ4n) is 3.85. The number of likely N-dealkylation sites (N-methyl/N-ethyl adjacent to an activating group) is 1. The molecule has 1 aliphatic heterocycles. The molecule has 1 aliphatic rings. The van der Waals surface area contributed by atoms with Crippen molar-refractivity contribution in [3.8, 4) is 5.75 Å². The fraction of sp³-hybridized carbons (Fsp3) is 0.519. The number of aliphatic carboxylic acids is 1. The summed E-state index contributed by atoms with van der Waals surface area (Å²) in [7, 11) is 1.53. The van der Waals surface area contributed by atoms with Crippen molar-refractivity contribution in [3.63, 3.8) is 0 Å². The number of amides is 2. The van der Waals surface area contributed by atoms with Gasteiger partial charge in [-0.1, -0.05) is 6.07 Å². The van der Waals surface area contributed by atoms with Gasteiger partial charge in [0.1, 0.15) is 18.6 Å². The number of carbonyl (C=O) groups excluding carboxylic acids is 4. The number of nitrogens with zero attached hydrogens (tertiary/aromatic N) is 1. The molecule has 0 spiro atoms. The normalized spacial score (nSPS) is 18.5. The van der Waals surface area contributed by atoms with Gasteiger partial charge >= 0.3 is 12.2 Å². The van der Waals surface area contributed by atoms with Gasteiger partial charge in [-0.15, -0.1) is 4.39 Å². The maximum atomic E-state index is 12.7. The van der Waals surface area contributed by atoms with Crippen molar-refractivity contribution < 1.29 is 57.5 Å². The Bertz CT molecular complexity index is 1080. The zero-order valence-electron chi connectivity index (χ0n) is 22.7. The summed E-state index contributed by atoms with van der Waals surface area (Å²) in [5.74, 6) is -1.66. The molecule has 2 amide bonds. The maximum Gasteiger partial charge on any atom is 0.495 e. The summed E-state index contributed by atoms with van der Waals surface area (Å²) in [5, 5.41) is 21.8. The first kappa shape index (κ1) is 33.3. The average Bonchev–Trinajstić information content (AvgIpc) is 2.93. The lowest BCUT2D eigenvalue weighted by molar-refractivity contribution is -0.195. The molecular formula is C27H35FN2O11. The van der Waals surface area contributed by atoms with Gasteiger partial charge in [-0.05, 0) is 36.6 Å². The number of carboxylic acids is 1. The number of aryl methyl sites for hydroxylation is 1. The number of aliphatic hydroxyl groups is 1. The molecule has 1 fully saturated rings. The molecule has 0 aromatic heterocycles. The Morgan fingerprint density at radius 3 is 2.71 bits per heavy atom. The molecule has 3 unspecified atom stereocenters. The topological polar surface area (TPSA) is 178 Å². The summed E-state index contributed by atoms with van der Waals surface area (Å²) in [6, 6.07) is 4.96. The molecule has 1 saturated heterocycles. The van der Waals surface area contributed by atoms with E-state index in [1.165, 1.54) is 11.9 Å². The summed E-state index contributed by atoms with van der Waals surface area (Å²) >= 11 is 0. The van der Waals surface area contributed by atoms with Gasteiger partial charge in [0.05, 0.1) is 12.7 Å². The van der Waals surface area contributed by atoms with Gasteiger partial charge in [0.2, 0.25) is 18.1 Å². The van der Waals surface area contributed by atoms with Gasteiger partial charge < -0.3 is 39.4 Å². The van der Waals surface area contributed by atoms with Crippen molar-refractivity contribution in [1.82, 2.24) is 10.2 Å². The molecule has 13 nitrogen and oxygen atoms in total. The van der Waals surface area contributed by atoms with E-state index in [0.29, 0.717) is 31.3 Å². The Hall–Kier alpha value is -3.88. The van der Waals surface area contributed by atoms with E-state index in [-0.39, 0.29) is 56.5 Å². The van der Waals surface area contributed by atoms with Crippen LogP contribution in [0, 0.1) is 0 Å². The number of halogens is 1. The highest BCUT2D eigenvalue weighted by atomic mass is 19.1. The van der Waals surface area contributed by atoms with Crippen molar-refractivity contribution >= 4 is 30.3 Å². The number of aliphatic hydroxyl groups excluding tert-OH is 1. The molecule has 41 heavy (non-hydrogen) atoms. The number of benzene rings is 1. The van der Waals surface area contributed by atoms with Crippen LogP contribution >= 0.6 is 0 Å². The second-order valence-electron chi connectivity index (χ2n) is 9.17. The summed E-state index contributed by atoms with van der Waals surface area (Å²) in [5.41, 5.74) is 1.15. The zero-order valence-corrected chi connectivity index (χ0v) is 22.7. The Morgan fingerprint density at radius 1 is 1.22 bits per heavy atom. The molecule has 1 aromatic rings. The maximum absolute atomic E-state index is 12.7. The van der Waals surface area contributed by atoms with E-state index < -0.39 is 37.3 Å². The molecule has 1 aromatic carbocycles. The number of rotatable bonds is 17. The lowest BCUT2D eigenvalue weighted by atomic mass is 10.0. The Balaban J connectivity index is 1.76. The number of ether oxygens (including phenoxy) is 4. The van der Waals surface area contributed by atoms with Gasteiger partial charge in [-0.2, -0.15) is 0 Å². The number of carboxylic acid groups (broad SMARTS) is 1. The Morgan fingerprint density at radius 2 is 2.00 bits per heavy atom. The van der Waals surface area contributed by atoms with Crippen LogP contribution in [0.3, 0.4) is 0 Å². The highest BCUT2D eigenvalue weighted by Gasteiger charge is 2.34. The molecule has 0 aliphatic carbocycles. The summed E-state index contributed by atoms with van der Waals surface area (Å²) < 4.78 is 33.8. The third-order valence-electron chi connectivity index (χ3n) is 5.96. The van der Waals surface area contributed by atoms with Gasteiger partial charge in [-0.25, -0.2) is 9.59 Å². The highest BCUT2D eigenvalue weighted by Crippen LogP contribution is 2.28. The molecular weight excluding hydrogens is 547 g/mol. The largest absolute Gasteiger partial charge is 0.495 e. The summed E-state index contributed by atoms with van der Waals surface area (Å²) in [6.07, 6.45) is -1.28. The minimum atomic E-state index is -1.97. The summed E-state index contributed by atoms with van der Waals surface area (Å²) in [6.45, 7) is 0.716. The fourth-order valence-corrected chi connectivity index (χ4v) is 3.85. The lowest BCUT2D eigenvalue weighted by Crippen LogP contribution is -2.42. The van der Waals surface area contributed by atoms with Crippen molar-refractivity contribution in [2.75, 3.05) is 33.4 Å². The Kier molecular flexibility index (Phi) is 14.4. The van der Waals surface area contributed by atoms with Crippen LogP contribution in [0.5, 0.6) is 5.75 Å². The standard InChI is InChI=1S/C27H35FN2O11/c1-30(24(34)5-2-11-31)10-8-23(33)29-9-13-38-12-3-4-18-6-7-21(19(14-18)17-39-27(28)37)40-25-16-20(32)15-22(41-25)26(35)36/h2,5-7,11,14,20,22,25,32H,3-4,8-10,12-13,15-17H2,1H3,(H,29,33)(H,35,36)/b5-2-. The van der Waals surface area contributed by atoms with Gasteiger partial charge in [0, 0.05) is 57.6 Å². The molecule has 1 heterocycles. The average molecular weight is 583 g/mol. The molecule has 14 heteroatoms. The third kappa shape index (κ3) is 12.9. The zero-order chi connectivity index (χ0) is 30.2. The van der Waals surface area contributed by atoms with Crippen LogP contribution in [-0.4, -0.2) is 97.3 Å². The predicted molar refractivity (Wildman–Crippen MR) is 140 cm³/mol. The molecule has 3 atom stereocenters. The number of carbonyl (C=O) groups is 5. The second-order valence-corrected chi connectivity index (χ2v) is 9.17. The number of hydrogen-bond donors (Lipinski definition) is 3. The van der Waals surface area contributed by atoms with E-state index in [1.54, 1.807) is 18.2 Å². The molecule has 2 rings (SSSR count). The van der Waals surface area contributed by atoms with Crippen LogP contribution in [0.4, 0.5) is 9.18 Å². The molecule has 0 radical (unpaired) electrons. The van der Waals surface area contributed by atoms with Crippen LogP contribution < -0.4 is 10.1 Å². The quantitative estimate of drug-likeness (QED) is 0.104. The highest BCUT2D eigenvalue weighted by molar-refractivity contribution is 5.91. The van der Waals surface area contributed by atoms with Crippen LogP contribution in [0.1, 0.15) is 36.8 Å². The van der Waals surface area contributed by atoms with E-state index in [4.69, 9.17) is 14.2 Å². The van der Waals surface area contributed by atoms with Crippen molar-refractivity contribution in [3.05, 3.63) is 41.5 Å². The van der Waals surface area contributed by atoms with Crippen molar-refractivity contribution in [2.45, 2.75) is 57.2 Å². The number of aldehydes is 1. The summed E-state index contributed by atoms with van der Waals surface area (Å²) in [4.78, 5) is 57.1. The van der Waals surface area contributed by atoms with E-state index in [2.05, 4.69) is 10.1 Å². The first-order valence-electron chi connectivity index (χ1n) is 13.0. The van der Waals surface area contributed by atoms with Crippen LogP contribution in [0.2, 0.25) is 0 Å². The van der Waals surface area contributed by atoms with E-state index >= 15 is 0 Å². The van der Waals surface area contributed by atoms with E-state index in [0.717, 1.165) is 17.7 Å². The van der Waals surface area contributed by atoms with Crippen molar-refractivity contribution in [2.24, 2.45) is 0 Å². The number of nitrogens with one attached hydrogen (secondary N) is 1.